The molecule has 13 heavy (non-hydrogen) atoms. The summed E-state index contributed by atoms with van der Waals surface area (Å²) in [5.41, 5.74) is 1.14. The number of aromatic nitrogens is 1. The predicted molar refractivity (Wildman–Crippen MR) is 50.0 cm³/mol. The summed E-state index contributed by atoms with van der Waals surface area (Å²) in [7, 11) is 0. The van der Waals surface area contributed by atoms with Crippen molar-refractivity contribution < 1.29 is 5.06 Å². The second-order valence-corrected chi connectivity index (χ2v) is 3.55. The van der Waals surface area contributed by atoms with Gasteiger partial charge in [0.05, 0.1) is 6.54 Å². The third-order valence-electron chi connectivity index (χ3n) is 2.66. The van der Waals surface area contributed by atoms with Crippen LogP contribution in [0.4, 0.5) is 0 Å². The fourth-order valence-electron chi connectivity index (χ4n) is 1.93. The molecule has 1 saturated heterocycles. The van der Waals surface area contributed by atoms with Crippen LogP contribution in [-0.2, 0) is 0 Å². The molecule has 1 aromatic rings. The Hall–Kier alpha value is -0.930. The van der Waals surface area contributed by atoms with E-state index < -0.39 is 0 Å². The van der Waals surface area contributed by atoms with E-state index >= 15 is 0 Å². The van der Waals surface area contributed by atoms with Gasteiger partial charge in [-0.2, -0.15) is 0 Å². The van der Waals surface area contributed by atoms with E-state index in [4.69, 9.17) is 0 Å². The third kappa shape index (κ3) is 1.87. The van der Waals surface area contributed by atoms with Crippen molar-refractivity contribution >= 4 is 0 Å². The second-order valence-electron chi connectivity index (χ2n) is 3.55. The molecule has 0 bridgehead atoms. The molecule has 2 atom stereocenters. The van der Waals surface area contributed by atoms with Gasteiger partial charge in [-0.15, -0.1) is 0 Å². The lowest BCUT2D eigenvalue weighted by molar-refractivity contribution is -0.888. The average molecular weight is 178 g/mol. The third-order valence-corrected chi connectivity index (χ3v) is 2.66. The largest absolute Gasteiger partial charge is 0.634 e. The number of quaternary nitrogens is 1. The van der Waals surface area contributed by atoms with Crippen molar-refractivity contribution in [2.24, 2.45) is 0 Å². The number of piperidine rings is 1. The van der Waals surface area contributed by atoms with Gasteiger partial charge in [-0.1, -0.05) is 0 Å². The standard InChI is InChI=1S/C10H14N2O/c13-12-8-2-1-3-10(12)9-4-6-11-7-5-9/h4-7,10,12H,1-3,8H2. The molecule has 3 nitrogen and oxygen atoms in total. The minimum absolute atomic E-state index is 0.150. The smallest absolute Gasteiger partial charge is 0.113 e. The molecule has 0 radical (unpaired) electrons. The van der Waals surface area contributed by atoms with E-state index in [0.717, 1.165) is 24.9 Å². The van der Waals surface area contributed by atoms with Gasteiger partial charge in [0.1, 0.15) is 6.04 Å². The van der Waals surface area contributed by atoms with Crippen molar-refractivity contribution in [1.82, 2.24) is 4.98 Å². The van der Waals surface area contributed by atoms with Crippen molar-refractivity contribution in [3.05, 3.63) is 35.3 Å². The van der Waals surface area contributed by atoms with E-state index in [1.807, 2.05) is 12.1 Å². The van der Waals surface area contributed by atoms with Crippen molar-refractivity contribution in [2.45, 2.75) is 25.3 Å². The predicted octanol–water partition coefficient (Wildman–Crippen LogP) is 0.689. The molecule has 2 rings (SSSR count). The van der Waals surface area contributed by atoms with Crippen molar-refractivity contribution in [1.29, 1.82) is 0 Å². The Morgan fingerprint density at radius 3 is 2.77 bits per heavy atom. The van der Waals surface area contributed by atoms with Gasteiger partial charge in [0, 0.05) is 24.4 Å². The summed E-state index contributed by atoms with van der Waals surface area (Å²) >= 11 is 0. The average Bonchev–Trinajstić information content (AvgIpc) is 2.20. The summed E-state index contributed by atoms with van der Waals surface area (Å²) in [4.78, 5) is 3.95. The lowest BCUT2D eigenvalue weighted by atomic mass is 9.98. The summed E-state index contributed by atoms with van der Waals surface area (Å²) in [6.45, 7) is 0.757. The molecule has 2 unspecified atom stereocenters. The summed E-state index contributed by atoms with van der Waals surface area (Å²) in [6.07, 6.45) is 6.79. The van der Waals surface area contributed by atoms with E-state index in [0.29, 0.717) is 5.06 Å². The lowest BCUT2D eigenvalue weighted by Gasteiger charge is -2.35. The van der Waals surface area contributed by atoms with Crippen LogP contribution in [-0.4, -0.2) is 11.5 Å². The first-order valence-electron chi connectivity index (χ1n) is 4.80. The number of nitrogens with one attached hydrogen (secondary N) is 1. The van der Waals surface area contributed by atoms with E-state index in [1.54, 1.807) is 12.4 Å². The summed E-state index contributed by atoms with van der Waals surface area (Å²) < 4.78 is 0. The van der Waals surface area contributed by atoms with Gasteiger partial charge in [-0.05, 0) is 25.0 Å². The number of hydroxylamine groups is 2. The van der Waals surface area contributed by atoms with Crippen LogP contribution < -0.4 is 5.06 Å². The van der Waals surface area contributed by atoms with Gasteiger partial charge in [0.25, 0.3) is 0 Å². The van der Waals surface area contributed by atoms with Gasteiger partial charge in [0.2, 0.25) is 0 Å². The molecule has 1 aliphatic heterocycles. The van der Waals surface area contributed by atoms with Crippen molar-refractivity contribution in [2.75, 3.05) is 6.54 Å². The van der Waals surface area contributed by atoms with Crippen molar-refractivity contribution in [3.63, 3.8) is 0 Å². The maximum Gasteiger partial charge on any atom is 0.113 e. The molecule has 2 heterocycles. The number of hydrogen-bond donors (Lipinski definition) is 1. The number of pyridine rings is 1. The highest BCUT2D eigenvalue weighted by molar-refractivity contribution is 5.12. The van der Waals surface area contributed by atoms with Crippen molar-refractivity contribution in [3.8, 4) is 0 Å². The zero-order valence-electron chi connectivity index (χ0n) is 7.57. The Kier molecular flexibility index (Phi) is 2.57. The molecular formula is C10H14N2O. The topological polar surface area (TPSA) is 40.4 Å². The molecule has 1 aliphatic rings. The molecule has 0 spiro atoms. The highest BCUT2D eigenvalue weighted by Gasteiger charge is 2.21. The summed E-state index contributed by atoms with van der Waals surface area (Å²) in [5, 5.41) is 12.0. The van der Waals surface area contributed by atoms with Gasteiger partial charge < -0.3 is 10.3 Å². The molecule has 3 heteroatoms. The van der Waals surface area contributed by atoms with Crippen LogP contribution in [0.3, 0.4) is 0 Å². The number of nitrogens with zero attached hydrogens (tertiary/aromatic N) is 1. The van der Waals surface area contributed by atoms with Crippen LogP contribution in [0.2, 0.25) is 0 Å². The van der Waals surface area contributed by atoms with Gasteiger partial charge in [-0.3, -0.25) is 4.98 Å². The van der Waals surface area contributed by atoms with E-state index in [1.165, 1.54) is 6.42 Å². The second kappa shape index (κ2) is 3.85. The minimum Gasteiger partial charge on any atom is -0.634 e. The SMILES string of the molecule is [O-][NH+]1CCCCC1c1ccncc1. The van der Waals surface area contributed by atoms with Gasteiger partial charge in [0.15, 0.2) is 0 Å². The molecule has 0 amide bonds. The highest BCUT2D eigenvalue weighted by Crippen LogP contribution is 2.17. The fourth-order valence-corrected chi connectivity index (χ4v) is 1.93. The van der Waals surface area contributed by atoms with Crippen LogP contribution in [0.25, 0.3) is 0 Å². The van der Waals surface area contributed by atoms with E-state index in [9.17, 15) is 5.21 Å². The highest BCUT2D eigenvalue weighted by atomic mass is 16.5. The lowest BCUT2D eigenvalue weighted by Crippen LogP contribution is -3.08. The quantitative estimate of drug-likeness (QED) is 0.643. The van der Waals surface area contributed by atoms with Crippen LogP contribution in [0.15, 0.2) is 24.5 Å². The first-order valence-corrected chi connectivity index (χ1v) is 4.80. The zero-order chi connectivity index (χ0) is 9.10. The Morgan fingerprint density at radius 2 is 2.08 bits per heavy atom. The Bertz CT molecular complexity index is 263. The Balaban J connectivity index is 2.15. The zero-order valence-corrected chi connectivity index (χ0v) is 7.57. The van der Waals surface area contributed by atoms with Crippen LogP contribution in [0.5, 0.6) is 0 Å². The van der Waals surface area contributed by atoms with Crippen LogP contribution in [0, 0.1) is 5.21 Å². The maximum absolute atomic E-state index is 11.6. The van der Waals surface area contributed by atoms with E-state index in [2.05, 4.69) is 4.98 Å². The van der Waals surface area contributed by atoms with Gasteiger partial charge in [-0.25, -0.2) is 0 Å². The molecule has 0 aliphatic carbocycles. The van der Waals surface area contributed by atoms with Crippen LogP contribution >= 0.6 is 0 Å². The normalized spacial score (nSPS) is 28.7. The van der Waals surface area contributed by atoms with Gasteiger partial charge >= 0.3 is 0 Å². The first kappa shape index (κ1) is 8.66. The molecule has 0 saturated carbocycles. The molecule has 70 valence electrons. The molecule has 1 fully saturated rings. The molecule has 0 aromatic carbocycles. The first-order chi connectivity index (χ1) is 6.38. The number of rotatable bonds is 1. The summed E-state index contributed by atoms with van der Waals surface area (Å²) in [6, 6.07) is 4.05. The van der Waals surface area contributed by atoms with Crippen LogP contribution in [0.1, 0.15) is 30.9 Å². The number of hydrogen-bond acceptors (Lipinski definition) is 2. The summed E-state index contributed by atoms with van der Waals surface area (Å²) in [5.74, 6) is 0. The molecule has 1 aromatic heterocycles. The fraction of sp³-hybridized carbons (Fsp3) is 0.500. The minimum atomic E-state index is 0.150. The Labute approximate surface area is 78.0 Å². The van der Waals surface area contributed by atoms with E-state index in [-0.39, 0.29) is 6.04 Å². The Morgan fingerprint density at radius 1 is 1.31 bits per heavy atom. The molecule has 1 N–H and O–H groups in total. The monoisotopic (exact) mass is 178 g/mol. The maximum atomic E-state index is 11.6. The molecular weight excluding hydrogens is 164 g/mol.